The number of nitriles is 1. The van der Waals surface area contributed by atoms with Crippen LogP contribution in [0.5, 0.6) is 0 Å². The van der Waals surface area contributed by atoms with E-state index in [0.717, 1.165) is 44.2 Å². The van der Waals surface area contributed by atoms with Crippen molar-refractivity contribution in [2.75, 3.05) is 0 Å². The minimum atomic E-state index is -0.730. The summed E-state index contributed by atoms with van der Waals surface area (Å²) in [5, 5.41) is 10.5. The Bertz CT molecular complexity index is 979. The van der Waals surface area contributed by atoms with Crippen LogP contribution in [0.15, 0.2) is 11.3 Å². The average Bonchev–Trinajstić information content (AvgIpc) is 3.33. The van der Waals surface area contributed by atoms with Gasteiger partial charge in [0.15, 0.2) is 5.78 Å². The molecule has 1 spiro atoms. The summed E-state index contributed by atoms with van der Waals surface area (Å²) in [6.07, 6.45) is 7.37. The zero-order valence-electron chi connectivity index (χ0n) is 18.3. The van der Waals surface area contributed by atoms with Gasteiger partial charge in [-0.05, 0) is 67.6 Å². The second kappa shape index (κ2) is 5.14. The van der Waals surface area contributed by atoms with Crippen LogP contribution in [-0.4, -0.2) is 17.4 Å². The Labute approximate surface area is 178 Å². The van der Waals surface area contributed by atoms with Gasteiger partial charge in [0.25, 0.3) is 0 Å². The maximum Gasteiger partial charge on any atom is 0.306 e. The summed E-state index contributed by atoms with van der Waals surface area (Å²) in [5.74, 6) is 0.899. The number of fused-ring (bicyclic) bond motifs is 7. The van der Waals surface area contributed by atoms with Crippen molar-refractivity contribution < 1.29 is 14.3 Å². The van der Waals surface area contributed by atoms with Gasteiger partial charge in [0.1, 0.15) is 5.60 Å². The van der Waals surface area contributed by atoms with Gasteiger partial charge in [-0.25, -0.2) is 0 Å². The maximum atomic E-state index is 13.0. The van der Waals surface area contributed by atoms with Crippen LogP contribution in [-0.2, 0) is 14.3 Å². The molecule has 5 fully saturated rings. The van der Waals surface area contributed by atoms with Gasteiger partial charge in [0, 0.05) is 35.4 Å². The zero-order valence-corrected chi connectivity index (χ0v) is 18.3. The third-order valence-corrected chi connectivity index (χ3v) is 11.7. The van der Waals surface area contributed by atoms with Crippen LogP contribution in [0.4, 0.5) is 0 Å². The number of ether oxygens (including phenoxy) is 1. The molecule has 8 atom stereocenters. The number of nitrogens with two attached hydrogens (primary N) is 1. The van der Waals surface area contributed by atoms with Crippen LogP contribution in [0.25, 0.3) is 0 Å². The third-order valence-electron chi connectivity index (χ3n) is 11.7. The molecule has 0 aromatic carbocycles. The first-order chi connectivity index (χ1) is 14.1. The van der Waals surface area contributed by atoms with Crippen molar-refractivity contribution in [1.29, 1.82) is 5.26 Å². The topological polar surface area (TPSA) is 93.2 Å². The lowest BCUT2D eigenvalue weighted by atomic mass is 9.34. The highest BCUT2D eigenvalue weighted by Crippen LogP contribution is 2.80. The molecule has 30 heavy (non-hydrogen) atoms. The first kappa shape index (κ1) is 18.9. The van der Waals surface area contributed by atoms with Crippen LogP contribution >= 0.6 is 0 Å². The van der Waals surface area contributed by atoms with E-state index in [2.05, 4.69) is 26.8 Å². The fraction of sp³-hybridized carbons (Fsp3) is 0.800. The van der Waals surface area contributed by atoms with E-state index < -0.39 is 5.41 Å². The summed E-state index contributed by atoms with van der Waals surface area (Å²) in [6, 6.07) is 2.67. The summed E-state index contributed by atoms with van der Waals surface area (Å²) in [7, 11) is 0. The van der Waals surface area contributed by atoms with Crippen molar-refractivity contribution in [2.24, 2.45) is 45.1 Å². The van der Waals surface area contributed by atoms with Crippen LogP contribution in [0.1, 0.15) is 78.6 Å². The van der Waals surface area contributed by atoms with Crippen LogP contribution in [0, 0.1) is 50.7 Å². The van der Waals surface area contributed by atoms with Crippen molar-refractivity contribution in [3.63, 3.8) is 0 Å². The third kappa shape index (κ3) is 1.62. The summed E-state index contributed by atoms with van der Waals surface area (Å²) in [6.45, 7) is 7.04. The minimum Gasteiger partial charge on any atom is -0.458 e. The summed E-state index contributed by atoms with van der Waals surface area (Å²) >= 11 is 0. The molecule has 5 heteroatoms. The Morgan fingerprint density at radius 3 is 2.43 bits per heavy atom. The Morgan fingerprint density at radius 2 is 1.77 bits per heavy atom. The lowest BCUT2D eigenvalue weighted by molar-refractivity contribution is -0.210. The second-order valence-corrected chi connectivity index (χ2v) is 11.9. The smallest absolute Gasteiger partial charge is 0.306 e. The summed E-state index contributed by atoms with van der Waals surface area (Å²) < 4.78 is 6.08. The van der Waals surface area contributed by atoms with Crippen LogP contribution in [0.3, 0.4) is 0 Å². The molecule has 2 N–H and O–H groups in total. The average molecular weight is 409 g/mol. The number of carbonyl (C=O) groups excluding carboxylic acids is 2. The van der Waals surface area contributed by atoms with Crippen molar-refractivity contribution >= 4 is 11.8 Å². The number of nitrogens with zero attached hydrogens (tertiary/aromatic N) is 1. The Morgan fingerprint density at radius 1 is 1.03 bits per heavy atom. The first-order valence-corrected chi connectivity index (χ1v) is 11.8. The Kier molecular flexibility index (Phi) is 3.24. The molecule has 0 aromatic rings. The molecule has 1 saturated heterocycles. The SMILES string of the molecule is CC12CCC3(C)C(C4CC5(C#N)C(=C4N)C(=O)CCC53C)C1CCC21CCC(=O)O1. The molecule has 2 bridgehead atoms. The highest BCUT2D eigenvalue weighted by molar-refractivity contribution is 6.00. The van der Waals surface area contributed by atoms with E-state index in [9.17, 15) is 14.9 Å². The lowest BCUT2D eigenvalue weighted by Crippen LogP contribution is -2.65. The zero-order chi connectivity index (χ0) is 21.3. The molecule has 6 aliphatic rings. The van der Waals surface area contributed by atoms with Gasteiger partial charge in [-0.2, -0.15) is 5.26 Å². The Hall–Kier alpha value is -1.83. The number of rotatable bonds is 0. The second-order valence-electron chi connectivity index (χ2n) is 11.9. The van der Waals surface area contributed by atoms with E-state index >= 15 is 0 Å². The predicted octanol–water partition coefficient (Wildman–Crippen LogP) is 4.02. The molecule has 0 amide bonds. The number of hydrogen-bond acceptors (Lipinski definition) is 5. The van der Waals surface area contributed by atoms with E-state index in [1.807, 2.05) is 0 Å². The summed E-state index contributed by atoms with van der Waals surface area (Å²) in [4.78, 5) is 25.1. The molecule has 1 aliphatic heterocycles. The fourth-order valence-corrected chi connectivity index (χ4v) is 9.91. The fourth-order valence-electron chi connectivity index (χ4n) is 9.91. The lowest BCUT2D eigenvalue weighted by Gasteiger charge is -2.68. The predicted molar refractivity (Wildman–Crippen MR) is 109 cm³/mol. The van der Waals surface area contributed by atoms with Gasteiger partial charge in [-0.15, -0.1) is 0 Å². The number of hydrogen-bond donors (Lipinski definition) is 1. The number of ketones is 1. The molecule has 1 heterocycles. The molecule has 6 rings (SSSR count). The Balaban J connectivity index is 1.54. The van der Waals surface area contributed by atoms with Gasteiger partial charge in [0.05, 0.1) is 11.5 Å². The number of allylic oxidation sites excluding steroid dienone is 2. The molecular weight excluding hydrogens is 376 g/mol. The number of carbonyl (C=O) groups is 2. The highest BCUT2D eigenvalue weighted by atomic mass is 16.6. The standard InChI is InChI=1S/C25H32N2O3/c1-21-10-11-22(2)18(15(21)4-8-25(21)9-6-17(29)30-25)14-12-24(13-26)19(20(14)27)16(28)5-7-23(22,24)3/h14-15,18H,4-12,27H2,1-3H3. The van der Waals surface area contributed by atoms with Crippen LogP contribution in [0.2, 0.25) is 0 Å². The molecule has 160 valence electrons. The molecule has 5 aliphatic carbocycles. The maximum absolute atomic E-state index is 13.0. The van der Waals surface area contributed by atoms with Gasteiger partial charge >= 0.3 is 5.97 Å². The molecule has 8 unspecified atom stereocenters. The quantitative estimate of drug-likeness (QED) is 0.611. The largest absolute Gasteiger partial charge is 0.458 e. The summed E-state index contributed by atoms with van der Waals surface area (Å²) in [5.41, 5.74) is 6.76. The van der Waals surface area contributed by atoms with Crippen molar-refractivity contribution in [1.82, 2.24) is 0 Å². The molecule has 4 saturated carbocycles. The number of Topliss-reactive ketones (excluding diaryl/α,β-unsaturated/α-hetero) is 1. The van der Waals surface area contributed by atoms with E-state index in [1.54, 1.807) is 0 Å². The van der Waals surface area contributed by atoms with Crippen molar-refractivity contribution in [3.05, 3.63) is 11.3 Å². The first-order valence-electron chi connectivity index (χ1n) is 11.8. The van der Waals surface area contributed by atoms with Crippen molar-refractivity contribution in [2.45, 2.75) is 84.2 Å². The van der Waals surface area contributed by atoms with Gasteiger partial charge in [-0.3, -0.25) is 9.59 Å². The molecule has 0 radical (unpaired) electrons. The van der Waals surface area contributed by atoms with Gasteiger partial charge < -0.3 is 10.5 Å². The molecule has 5 nitrogen and oxygen atoms in total. The van der Waals surface area contributed by atoms with Gasteiger partial charge in [-0.1, -0.05) is 20.8 Å². The monoisotopic (exact) mass is 408 g/mol. The van der Waals surface area contributed by atoms with Crippen LogP contribution < -0.4 is 5.73 Å². The normalized spacial score (nSPS) is 56.0. The van der Waals surface area contributed by atoms with E-state index in [0.29, 0.717) is 36.7 Å². The van der Waals surface area contributed by atoms with E-state index in [4.69, 9.17) is 10.5 Å². The minimum absolute atomic E-state index is 0.0437. The van der Waals surface area contributed by atoms with Crippen molar-refractivity contribution in [3.8, 4) is 6.07 Å². The van der Waals surface area contributed by atoms with E-state index in [1.165, 1.54) is 0 Å². The van der Waals surface area contributed by atoms with E-state index in [-0.39, 0.29) is 39.5 Å². The molecular formula is C25H32N2O3. The molecule has 0 aromatic heterocycles. The highest BCUT2D eigenvalue weighted by Gasteiger charge is 2.78. The number of esters is 1. The van der Waals surface area contributed by atoms with Gasteiger partial charge in [0.2, 0.25) is 0 Å².